The van der Waals surface area contributed by atoms with Gasteiger partial charge in [-0.1, -0.05) is 5.92 Å². The van der Waals surface area contributed by atoms with Gasteiger partial charge in [-0.15, -0.1) is 5.92 Å². The third-order valence-electron chi connectivity index (χ3n) is 4.35. The summed E-state index contributed by atoms with van der Waals surface area (Å²) in [5.74, 6) is 5.68. The molecular formula is C17H21NO6S. The van der Waals surface area contributed by atoms with Crippen LogP contribution in [0.4, 0.5) is 10.5 Å². The number of amides is 1. The molecule has 0 aromatic heterocycles. The molecule has 0 radical (unpaired) electrons. The molecule has 7 nitrogen and oxygen atoms in total. The summed E-state index contributed by atoms with van der Waals surface area (Å²) >= 11 is 0. The van der Waals surface area contributed by atoms with Gasteiger partial charge in [0.25, 0.3) is 0 Å². The van der Waals surface area contributed by atoms with Gasteiger partial charge in [0.1, 0.15) is 10.9 Å². The van der Waals surface area contributed by atoms with Gasteiger partial charge in [0, 0.05) is 23.9 Å². The van der Waals surface area contributed by atoms with Gasteiger partial charge < -0.3 is 14.9 Å². The summed E-state index contributed by atoms with van der Waals surface area (Å²) in [5.41, 5.74) is 1.41. The van der Waals surface area contributed by atoms with Crippen LogP contribution in [-0.2, 0) is 14.6 Å². The number of anilines is 1. The summed E-state index contributed by atoms with van der Waals surface area (Å²) in [4.78, 5) is 13.5. The Morgan fingerprint density at radius 3 is 2.44 bits per heavy atom. The van der Waals surface area contributed by atoms with E-state index < -0.39 is 33.1 Å². The van der Waals surface area contributed by atoms with Crippen molar-refractivity contribution in [3.63, 3.8) is 0 Å². The van der Waals surface area contributed by atoms with Crippen molar-refractivity contribution in [3.8, 4) is 11.8 Å². The number of sulfone groups is 1. The largest absolute Gasteiger partial charge is 0.444 e. The Hall–Kier alpha value is -2.08. The standard InChI is InChI=1S/C17H21NO6S/c1-4-5-12-6-8-13(9-7-12)18-11-14(24-16(18)21)10-17(2,15(19)20)25(3,22)23/h6-9,14-15,19-20H,10-11H2,1-3H3. The number of aliphatic hydroxyl groups excluding tert-OH is 1. The molecule has 25 heavy (non-hydrogen) atoms. The molecule has 0 spiro atoms. The van der Waals surface area contributed by atoms with Crippen LogP contribution >= 0.6 is 0 Å². The van der Waals surface area contributed by atoms with E-state index in [9.17, 15) is 23.4 Å². The first kappa shape index (κ1) is 19.2. The summed E-state index contributed by atoms with van der Waals surface area (Å²) < 4.78 is 27.2. The van der Waals surface area contributed by atoms with Gasteiger partial charge in [-0.05, 0) is 38.1 Å². The van der Waals surface area contributed by atoms with Crippen LogP contribution in [0.25, 0.3) is 0 Å². The van der Waals surface area contributed by atoms with E-state index in [0.717, 1.165) is 11.8 Å². The highest BCUT2D eigenvalue weighted by Crippen LogP contribution is 2.31. The molecule has 2 unspecified atom stereocenters. The maximum Gasteiger partial charge on any atom is 0.414 e. The second-order valence-electron chi connectivity index (χ2n) is 6.20. The van der Waals surface area contributed by atoms with Crippen LogP contribution in [-0.4, -0.2) is 54.7 Å². The second-order valence-corrected chi connectivity index (χ2v) is 8.68. The minimum atomic E-state index is -3.79. The van der Waals surface area contributed by atoms with E-state index in [1.165, 1.54) is 11.8 Å². The minimum absolute atomic E-state index is 0.121. The molecule has 0 saturated carbocycles. The molecule has 0 aliphatic carbocycles. The lowest BCUT2D eigenvalue weighted by Crippen LogP contribution is -2.49. The van der Waals surface area contributed by atoms with Crippen molar-refractivity contribution in [2.45, 2.75) is 37.4 Å². The Balaban J connectivity index is 2.18. The van der Waals surface area contributed by atoms with Crippen LogP contribution < -0.4 is 4.90 Å². The van der Waals surface area contributed by atoms with Gasteiger partial charge >= 0.3 is 6.09 Å². The molecule has 1 aliphatic heterocycles. The maximum absolute atomic E-state index is 12.1. The van der Waals surface area contributed by atoms with Crippen molar-refractivity contribution >= 4 is 21.6 Å². The highest BCUT2D eigenvalue weighted by atomic mass is 32.2. The van der Waals surface area contributed by atoms with Crippen molar-refractivity contribution in [1.82, 2.24) is 0 Å². The van der Waals surface area contributed by atoms with Crippen LogP contribution in [0.5, 0.6) is 0 Å². The number of cyclic esters (lactones) is 1. The molecule has 1 saturated heterocycles. The first-order valence-corrected chi connectivity index (χ1v) is 9.54. The third-order valence-corrected chi connectivity index (χ3v) is 6.42. The quantitative estimate of drug-likeness (QED) is 0.592. The molecule has 1 aliphatic rings. The molecule has 1 aromatic rings. The highest BCUT2D eigenvalue weighted by molar-refractivity contribution is 7.92. The number of benzene rings is 1. The number of carbonyl (C=O) groups is 1. The number of rotatable bonds is 5. The number of hydrogen-bond donors (Lipinski definition) is 2. The molecule has 0 bridgehead atoms. The van der Waals surface area contributed by atoms with E-state index >= 15 is 0 Å². The van der Waals surface area contributed by atoms with Gasteiger partial charge in [-0.25, -0.2) is 13.2 Å². The maximum atomic E-state index is 12.1. The Morgan fingerprint density at radius 2 is 1.96 bits per heavy atom. The Bertz CT molecular complexity index is 806. The fraction of sp³-hybridized carbons (Fsp3) is 0.471. The van der Waals surface area contributed by atoms with E-state index in [0.29, 0.717) is 5.69 Å². The zero-order chi connectivity index (χ0) is 18.8. The van der Waals surface area contributed by atoms with Crippen LogP contribution in [0.15, 0.2) is 24.3 Å². The average molecular weight is 367 g/mol. The molecule has 136 valence electrons. The average Bonchev–Trinajstić information content (AvgIpc) is 2.87. The Kier molecular flexibility index (Phi) is 5.42. The molecule has 2 N–H and O–H groups in total. The molecule has 2 atom stereocenters. The van der Waals surface area contributed by atoms with Crippen molar-refractivity contribution in [1.29, 1.82) is 0 Å². The van der Waals surface area contributed by atoms with Crippen molar-refractivity contribution in [2.75, 3.05) is 17.7 Å². The van der Waals surface area contributed by atoms with Gasteiger partial charge in [-0.2, -0.15) is 0 Å². The topological polar surface area (TPSA) is 104 Å². The summed E-state index contributed by atoms with van der Waals surface area (Å²) in [6, 6.07) is 6.98. The first-order chi connectivity index (χ1) is 11.6. The number of nitrogens with zero attached hydrogens (tertiary/aromatic N) is 1. The van der Waals surface area contributed by atoms with Crippen LogP contribution in [0.1, 0.15) is 25.8 Å². The normalized spacial score (nSPS) is 20.0. The molecule has 1 aromatic carbocycles. The van der Waals surface area contributed by atoms with E-state index in [2.05, 4.69) is 11.8 Å². The molecule has 2 rings (SSSR count). The molecular weight excluding hydrogens is 346 g/mol. The monoisotopic (exact) mass is 367 g/mol. The lowest BCUT2D eigenvalue weighted by Gasteiger charge is -2.30. The molecule has 1 fully saturated rings. The zero-order valence-corrected chi connectivity index (χ0v) is 15.1. The van der Waals surface area contributed by atoms with Crippen LogP contribution in [0, 0.1) is 11.8 Å². The van der Waals surface area contributed by atoms with Gasteiger partial charge in [0.2, 0.25) is 0 Å². The highest BCUT2D eigenvalue weighted by Gasteiger charge is 2.47. The lowest BCUT2D eigenvalue weighted by molar-refractivity contribution is -0.0754. The van der Waals surface area contributed by atoms with Crippen molar-refractivity contribution < 1.29 is 28.2 Å². The van der Waals surface area contributed by atoms with Crippen molar-refractivity contribution in [3.05, 3.63) is 29.8 Å². The zero-order valence-electron chi connectivity index (χ0n) is 14.3. The van der Waals surface area contributed by atoms with Gasteiger partial charge in [0.15, 0.2) is 16.1 Å². The Morgan fingerprint density at radius 1 is 1.36 bits per heavy atom. The van der Waals surface area contributed by atoms with E-state index in [1.807, 2.05) is 0 Å². The second kappa shape index (κ2) is 7.04. The van der Waals surface area contributed by atoms with Crippen LogP contribution in [0.2, 0.25) is 0 Å². The Labute approximate surface area is 147 Å². The molecule has 1 heterocycles. The number of hydrogen-bond acceptors (Lipinski definition) is 6. The molecule has 8 heteroatoms. The predicted octanol–water partition coefficient (Wildman–Crippen LogP) is 0.887. The summed E-state index contributed by atoms with van der Waals surface area (Å²) in [6.45, 7) is 3.07. The summed E-state index contributed by atoms with van der Waals surface area (Å²) in [5, 5.41) is 19.0. The van der Waals surface area contributed by atoms with Crippen LogP contribution in [0.3, 0.4) is 0 Å². The lowest BCUT2D eigenvalue weighted by atomic mass is 10.0. The summed E-state index contributed by atoms with van der Waals surface area (Å²) in [6.07, 6.45) is -2.76. The van der Waals surface area contributed by atoms with E-state index in [-0.39, 0.29) is 13.0 Å². The van der Waals surface area contributed by atoms with Crippen molar-refractivity contribution in [2.24, 2.45) is 0 Å². The smallest absolute Gasteiger partial charge is 0.414 e. The predicted molar refractivity (Wildman–Crippen MR) is 92.7 cm³/mol. The minimum Gasteiger partial charge on any atom is -0.444 e. The van der Waals surface area contributed by atoms with Gasteiger partial charge in [0.05, 0.1) is 6.54 Å². The molecule has 1 amide bonds. The summed E-state index contributed by atoms with van der Waals surface area (Å²) in [7, 11) is -3.79. The third kappa shape index (κ3) is 3.95. The van der Waals surface area contributed by atoms with E-state index in [1.54, 1.807) is 31.2 Å². The van der Waals surface area contributed by atoms with E-state index in [4.69, 9.17) is 4.74 Å². The SMILES string of the molecule is CC#Cc1ccc(N2CC(CC(C)(C(O)O)S(C)(=O)=O)OC2=O)cc1. The van der Waals surface area contributed by atoms with Gasteiger partial charge in [-0.3, -0.25) is 4.90 Å². The first-order valence-electron chi connectivity index (χ1n) is 7.65. The number of carbonyl (C=O) groups excluding carboxylic acids is 1. The fourth-order valence-electron chi connectivity index (χ4n) is 2.61. The number of aliphatic hydroxyl groups is 2. The fourth-order valence-corrected chi connectivity index (χ4v) is 3.48. The number of ether oxygens (including phenoxy) is 1.